The van der Waals surface area contributed by atoms with Gasteiger partial charge in [0, 0.05) is 26.1 Å². The number of hydrogen-bond donors (Lipinski definition) is 0. The Hall–Kier alpha value is -2.82. The standard InChI is InChI=1S/C20H23N3O2/c1-3-22(14-16-8-10-17(25-2)11-9-16)20(24)12-13-23-15-21-18-6-4-5-7-19(18)23/h4-11,15H,3,12-14H2,1-2H3. The van der Waals surface area contributed by atoms with E-state index in [9.17, 15) is 4.79 Å². The highest BCUT2D eigenvalue weighted by Crippen LogP contribution is 2.15. The fourth-order valence-electron chi connectivity index (χ4n) is 2.89. The van der Waals surface area contributed by atoms with Crippen molar-refractivity contribution in [2.75, 3.05) is 13.7 Å². The third-order valence-electron chi connectivity index (χ3n) is 4.36. The van der Waals surface area contributed by atoms with Crippen LogP contribution in [-0.2, 0) is 17.9 Å². The van der Waals surface area contributed by atoms with Gasteiger partial charge in [-0.3, -0.25) is 4.79 Å². The number of amides is 1. The molecular weight excluding hydrogens is 314 g/mol. The first kappa shape index (κ1) is 17.0. The Morgan fingerprint density at radius 2 is 1.92 bits per heavy atom. The largest absolute Gasteiger partial charge is 0.497 e. The summed E-state index contributed by atoms with van der Waals surface area (Å²) in [6.45, 7) is 3.95. The Kier molecular flexibility index (Phi) is 5.33. The summed E-state index contributed by atoms with van der Waals surface area (Å²) in [6.07, 6.45) is 2.27. The average Bonchev–Trinajstić information content (AvgIpc) is 3.08. The zero-order valence-corrected chi connectivity index (χ0v) is 14.7. The molecule has 3 rings (SSSR count). The number of imidazole rings is 1. The molecule has 0 unspecified atom stereocenters. The second kappa shape index (κ2) is 7.83. The molecule has 0 spiro atoms. The summed E-state index contributed by atoms with van der Waals surface area (Å²) in [5.74, 6) is 0.973. The van der Waals surface area contributed by atoms with Gasteiger partial charge in [-0.2, -0.15) is 0 Å². The van der Waals surface area contributed by atoms with Gasteiger partial charge < -0.3 is 14.2 Å². The van der Waals surface area contributed by atoms with Crippen molar-refractivity contribution in [2.45, 2.75) is 26.4 Å². The fourth-order valence-corrected chi connectivity index (χ4v) is 2.89. The van der Waals surface area contributed by atoms with Crippen LogP contribution in [0.25, 0.3) is 11.0 Å². The number of para-hydroxylation sites is 2. The molecule has 0 atom stereocenters. The molecule has 130 valence electrons. The van der Waals surface area contributed by atoms with Crippen molar-refractivity contribution in [1.29, 1.82) is 0 Å². The third kappa shape index (κ3) is 3.99. The molecule has 0 fully saturated rings. The number of aromatic nitrogens is 2. The fraction of sp³-hybridized carbons (Fsp3) is 0.300. The van der Waals surface area contributed by atoms with Crippen LogP contribution < -0.4 is 4.74 Å². The monoisotopic (exact) mass is 337 g/mol. The van der Waals surface area contributed by atoms with Gasteiger partial charge in [0.1, 0.15) is 5.75 Å². The molecule has 1 amide bonds. The van der Waals surface area contributed by atoms with Gasteiger partial charge >= 0.3 is 0 Å². The first-order valence-corrected chi connectivity index (χ1v) is 8.52. The molecule has 0 radical (unpaired) electrons. The topological polar surface area (TPSA) is 47.4 Å². The van der Waals surface area contributed by atoms with Gasteiger partial charge in [-0.15, -0.1) is 0 Å². The van der Waals surface area contributed by atoms with Crippen LogP contribution >= 0.6 is 0 Å². The SMILES string of the molecule is CCN(Cc1ccc(OC)cc1)C(=O)CCn1cnc2ccccc21. The van der Waals surface area contributed by atoms with E-state index in [2.05, 4.69) is 4.98 Å². The van der Waals surface area contributed by atoms with Crippen molar-refractivity contribution in [2.24, 2.45) is 0 Å². The van der Waals surface area contributed by atoms with Crippen LogP contribution in [0.5, 0.6) is 5.75 Å². The number of benzene rings is 2. The quantitative estimate of drug-likeness (QED) is 0.663. The molecule has 0 aliphatic carbocycles. The van der Waals surface area contributed by atoms with E-state index in [0.717, 1.165) is 22.3 Å². The molecule has 2 aromatic carbocycles. The van der Waals surface area contributed by atoms with Crippen molar-refractivity contribution in [1.82, 2.24) is 14.5 Å². The first-order valence-electron chi connectivity index (χ1n) is 8.52. The Labute approximate surface area is 147 Å². The second-order valence-electron chi connectivity index (χ2n) is 5.93. The molecule has 0 saturated carbocycles. The van der Waals surface area contributed by atoms with Gasteiger partial charge in [-0.25, -0.2) is 4.98 Å². The van der Waals surface area contributed by atoms with Crippen LogP contribution in [0.4, 0.5) is 0 Å². The highest BCUT2D eigenvalue weighted by Gasteiger charge is 2.13. The van der Waals surface area contributed by atoms with Crippen LogP contribution in [0.2, 0.25) is 0 Å². The lowest BCUT2D eigenvalue weighted by molar-refractivity contribution is -0.131. The minimum absolute atomic E-state index is 0.149. The van der Waals surface area contributed by atoms with Crippen LogP contribution in [0.1, 0.15) is 18.9 Å². The molecule has 25 heavy (non-hydrogen) atoms. The van der Waals surface area contributed by atoms with Gasteiger partial charge in [0.25, 0.3) is 0 Å². The van der Waals surface area contributed by atoms with Crippen molar-refractivity contribution in [3.8, 4) is 5.75 Å². The van der Waals surface area contributed by atoms with Crippen LogP contribution in [0.3, 0.4) is 0 Å². The minimum Gasteiger partial charge on any atom is -0.497 e. The predicted octanol–water partition coefficient (Wildman–Crippen LogP) is 3.48. The second-order valence-corrected chi connectivity index (χ2v) is 5.93. The van der Waals surface area contributed by atoms with E-state index in [4.69, 9.17) is 4.74 Å². The van der Waals surface area contributed by atoms with Gasteiger partial charge in [-0.05, 0) is 36.8 Å². The van der Waals surface area contributed by atoms with E-state index in [1.165, 1.54) is 0 Å². The molecule has 3 aromatic rings. The van der Waals surface area contributed by atoms with Crippen LogP contribution in [0, 0.1) is 0 Å². The Morgan fingerprint density at radius 3 is 2.64 bits per heavy atom. The van der Waals surface area contributed by atoms with E-state index < -0.39 is 0 Å². The highest BCUT2D eigenvalue weighted by molar-refractivity contribution is 5.77. The maximum Gasteiger partial charge on any atom is 0.224 e. The molecule has 5 heteroatoms. The average molecular weight is 337 g/mol. The van der Waals surface area contributed by atoms with E-state index in [1.807, 2.05) is 64.9 Å². The number of carbonyl (C=O) groups is 1. The summed E-state index contributed by atoms with van der Waals surface area (Å²) >= 11 is 0. The number of aryl methyl sites for hydroxylation is 1. The first-order chi connectivity index (χ1) is 12.2. The maximum absolute atomic E-state index is 12.6. The summed E-state index contributed by atoms with van der Waals surface area (Å²) < 4.78 is 7.21. The number of fused-ring (bicyclic) bond motifs is 1. The summed E-state index contributed by atoms with van der Waals surface area (Å²) in [5.41, 5.74) is 3.12. The third-order valence-corrected chi connectivity index (χ3v) is 4.36. The lowest BCUT2D eigenvalue weighted by Gasteiger charge is -2.21. The summed E-state index contributed by atoms with van der Waals surface area (Å²) in [5, 5.41) is 0. The lowest BCUT2D eigenvalue weighted by Crippen LogP contribution is -2.30. The molecule has 0 saturated heterocycles. The molecule has 0 aliphatic heterocycles. The van der Waals surface area contributed by atoms with Crippen LogP contribution in [0.15, 0.2) is 54.9 Å². The number of nitrogens with zero attached hydrogens (tertiary/aromatic N) is 3. The maximum atomic E-state index is 12.6. The zero-order chi connectivity index (χ0) is 17.6. The normalized spacial score (nSPS) is 10.8. The summed E-state index contributed by atoms with van der Waals surface area (Å²) in [6, 6.07) is 15.8. The summed E-state index contributed by atoms with van der Waals surface area (Å²) in [7, 11) is 1.65. The number of methoxy groups -OCH3 is 1. The van der Waals surface area contributed by atoms with Crippen LogP contribution in [-0.4, -0.2) is 34.0 Å². The molecule has 1 heterocycles. The number of rotatable bonds is 7. The van der Waals surface area contributed by atoms with E-state index in [0.29, 0.717) is 26.1 Å². The Bertz CT molecular complexity index is 840. The lowest BCUT2D eigenvalue weighted by atomic mass is 10.2. The Balaban J connectivity index is 1.61. The van der Waals surface area contributed by atoms with E-state index in [1.54, 1.807) is 13.4 Å². The molecule has 0 aliphatic rings. The van der Waals surface area contributed by atoms with E-state index >= 15 is 0 Å². The van der Waals surface area contributed by atoms with Gasteiger partial charge in [0.15, 0.2) is 0 Å². The minimum atomic E-state index is 0.149. The smallest absolute Gasteiger partial charge is 0.224 e. The van der Waals surface area contributed by atoms with Crippen molar-refractivity contribution in [3.05, 3.63) is 60.4 Å². The molecule has 0 N–H and O–H groups in total. The summed E-state index contributed by atoms with van der Waals surface area (Å²) in [4.78, 5) is 18.8. The molecule has 5 nitrogen and oxygen atoms in total. The number of ether oxygens (including phenoxy) is 1. The highest BCUT2D eigenvalue weighted by atomic mass is 16.5. The number of hydrogen-bond acceptors (Lipinski definition) is 3. The van der Waals surface area contributed by atoms with Crippen molar-refractivity contribution >= 4 is 16.9 Å². The van der Waals surface area contributed by atoms with Crippen molar-refractivity contribution < 1.29 is 9.53 Å². The van der Waals surface area contributed by atoms with Gasteiger partial charge in [0.2, 0.25) is 5.91 Å². The van der Waals surface area contributed by atoms with E-state index in [-0.39, 0.29) is 5.91 Å². The molecule has 0 bridgehead atoms. The number of carbonyl (C=O) groups excluding carboxylic acids is 1. The van der Waals surface area contributed by atoms with Gasteiger partial charge in [0.05, 0.1) is 24.5 Å². The molecular formula is C20H23N3O2. The van der Waals surface area contributed by atoms with Crippen molar-refractivity contribution in [3.63, 3.8) is 0 Å². The predicted molar refractivity (Wildman–Crippen MR) is 98.4 cm³/mol. The Morgan fingerprint density at radius 1 is 1.16 bits per heavy atom. The molecule has 1 aromatic heterocycles. The van der Waals surface area contributed by atoms with Gasteiger partial charge in [-0.1, -0.05) is 24.3 Å². The zero-order valence-electron chi connectivity index (χ0n) is 14.7.